The number of carbonyl (C=O) groups excluding carboxylic acids is 1. The maximum Gasteiger partial charge on any atom is 0.133 e. The first-order chi connectivity index (χ1) is 11.0. The summed E-state index contributed by atoms with van der Waals surface area (Å²) in [6.45, 7) is 6.77. The summed E-state index contributed by atoms with van der Waals surface area (Å²) < 4.78 is 0. The zero-order valence-corrected chi connectivity index (χ0v) is 14.7. The normalized spacial score (nSPS) is 19.5. The highest BCUT2D eigenvalue weighted by atomic mass is 16.1. The first kappa shape index (κ1) is 17.5. The Morgan fingerprint density at radius 2 is 1.87 bits per heavy atom. The van der Waals surface area contributed by atoms with Crippen LogP contribution in [-0.2, 0) is 4.79 Å². The second kappa shape index (κ2) is 8.16. The Balaban J connectivity index is 2.38. The van der Waals surface area contributed by atoms with Crippen molar-refractivity contribution in [2.24, 2.45) is 5.41 Å². The second-order valence-corrected chi connectivity index (χ2v) is 7.10. The van der Waals surface area contributed by atoms with E-state index in [2.05, 4.69) is 44.7 Å². The predicted octanol–water partition coefficient (Wildman–Crippen LogP) is 5.69. The van der Waals surface area contributed by atoms with E-state index in [4.69, 9.17) is 0 Å². The quantitative estimate of drug-likeness (QED) is 0.517. The number of hydrogen-bond acceptors (Lipinski definition) is 1. The Hall–Kier alpha value is -1.81. The Kier molecular flexibility index (Phi) is 6.22. The first-order valence-electron chi connectivity index (χ1n) is 8.84. The van der Waals surface area contributed by atoms with Crippen molar-refractivity contribution >= 4 is 5.78 Å². The number of carbonyl (C=O) groups is 1. The fourth-order valence-electron chi connectivity index (χ4n) is 3.20. The maximum absolute atomic E-state index is 11.9. The maximum atomic E-state index is 11.9. The summed E-state index contributed by atoms with van der Waals surface area (Å²) >= 11 is 0. The molecule has 0 N–H and O–H groups in total. The van der Waals surface area contributed by atoms with Gasteiger partial charge in [0.2, 0.25) is 0 Å². The monoisotopic (exact) mass is 308 g/mol. The van der Waals surface area contributed by atoms with Crippen LogP contribution in [-0.4, -0.2) is 5.78 Å². The van der Waals surface area contributed by atoms with Crippen LogP contribution in [0.15, 0.2) is 41.5 Å². The van der Waals surface area contributed by atoms with Crippen molar-refractivity contribution in [3.63, 3.8) is 0 Å². The number of hydrogen-bond donors (Lipinski definition) is 0. The molecule has 23 heavy (non-hydrogen) atoms. The SMILES string of the molecule is CCCC/C(C#Cc1ccccc1)=C1\CCC(=O)CCC1(C)C. The lowest BCUT2D eigenvalue weighted by molar-refractivity contribution is -0.119. The van der Waals surface area contributed by atoms with Gasteiger partial charge in [0.15, 0.2) is 0 Å². The highest BCUT2D eigenvalue weighted by Crippen LogP contribution is 2.40. The van der Waals surface area contributed by atoms with Gasteiger partial charge >= 0.3 is 0 Å². The molecular formula is C22H28O. The van der Waals surface area contributed by atoms with Crippen molar-refractivity contribution in [3.8, 4) is 11.8 Å². The molecule has 1 aliphatic rings. The molecule has 0 saturated heterocycles. The van der Waals surface area contributed by atoms with Crippen LogP contribution < -0.4 is 0 Å². The number of allylic oxidation sites excluding steroid dienone is 2. The van der Waals surface area contributed by atoms with E-state index < -0.39 is 0 Å². The van der Waals surface area contributed by atoms with Gasteiger partial charge in [-0.2, -0.15) is 0 Å². The molecule has 1 aromatic carbocycles. The highest BCUT2D eigenvalue weighted by molar-refractivity contribution is 5.79. The molecule has 1 heteroatoms. The first-order valence-corrected chi connectivity index (χ1v) is 8.84. The molecule has 1 fully saturated rings. The molecule has 0 aromatic heterocycles. The second-order valence-electron chi connectivity index (χ2n) is 7.10. The summed E-state index contributed by atoms with van der Waals surface area (Å²) in [5.41, 5.74) is 3.83. The van der Waals surface area contributed by atoms with Gasteiger partial charge in [0.1, 0.15) is 5.78 Å². The Labute approximate surface area is 141 Å². The number of unbranched alkanes of at least 4 members (excludes halogenated alkanes) is 1. The van der Waals surface area contributed by atoms with E-state index in [0.29, 0.717) is 18.6 Å². The van der Waals surface area contributed by atoms with Crippen LogP contribution in [0, 0.1) is 17.3 Å². The van der Waals surface area contributed by atoms with Crippen molar-refractivity contribution in [1.82, 2.24) is 0 Å². The minimum atomic E-state index is 0.0839. The van der Waals surface area contributed by atoms with Gasteiger partial charge in [0.05, 0.1) is 0 Å². The van der Waals surface area contributed by atoms with Crippen LogP contribution in [0.4, 0.5) is 0 Å². The average Bonchev–Trinajstić information content (AvgIpc) is 2.68. The summed E-state index contributed by atoms with van der Waals surface area (Å²) in [5, 5.41) is 0. The lowest BCUT2D eigenvalue weighted by Crippen LogP contribution is -2.15. The molecular weight excluding hydrogens is 280 g/mol. The van der Waals surface area contributed by atoms with Crippen molar-refractivity contribution < 1.29 is 4.79 Å². The van der Waals surface area contributed by atoms with Gasteiger partial charge in [0, 0.05) is 24.0 Å². The molecule has 0 aliphatic heterocycles. The lowest BCUT2D eigenvalue weighted by atomic mass is 9.77. The van der Waals surface area contributed by atoms with Crippen LogP contribution >= 0.6 is 0 Å². The summed E-state index contributed by atoms with van der Waals surface area (Å²) in [5.74, 6) is 7.19. The molecule has 1 saturated carbocycles. The summed E-state index contributed by atoms with van der Waals surface area (Å²) in [6.07, 6.45) is 6.59. The van der Waals surface area contributed by atoms with Crippen molar-refractivity contribution in [2.75, 3.05) is 0 Å². The number of rotatable bonds is 3. The van der Waals surface area contributed by atoms with Crippen LogP contribution in [0.2, 0.25) is 0 Å². The van der Waals surface area contributed by atoms with Gasteiger partial charge < -0.3 is 0 Å². The molecule has 122 valence electrons. The molecule has 0 heterocycles. The molecule has 1 aliphatic carbocycles. The fraction of sp³-hybridized carbons (Fsp3) is 0.500. The summed E-state index contributed by atoms with van der Waals surface area (Å²) in [7, 11) is 0. The van der Waals surface area contributed by atoms with E-state index in [-0.39, 0.29) is 5.41 Å². The van der Waals surface area contributed by atoms with E-state index in [1.165, 1.54) is 17.6 Å². The smallest absolute Gasteiger partial charge is 0.133 e. The van der Waals surface area contributed by atoms with E-state index in [1.807, 2.05) is 18.2 Å². The van der Waals surface area contributed by atoms with Crippen LogP contribution in [0.3, 0.4) is 0 Å². The van der Waals surface area contributed by atoms with Crippen LogP contribution in [0.25, 0.3) is 0 Å². The summed E-state index contributed by atoms with van der Waals surface area (Å²) in [4.78, 5) is 11.9. The minimum Gasteiger partial charge on any atom is -0.300 e. The van der Waals surface area contributed by atoms with E-state index in [0.717, 1.165) is 31.2 Å². The average molecular weight is 308 g/mol. The highest BCUT2D eigenvalue weighted by Gasteiger charge is 2.29. The fourth-order valence-corrected chi connectivity index (χ4v) is 3.20. The van der Waals surface area contributed by atoms with Gasteiger partial charge in [-0.25, -0.2) is 0 Å². The number of ketones is 1. The van der Waals surface area contributed by atoms with Gasteiger partial charge in [-0.05, 0) is 43.2 Å². The molecule has 0 unspecified atom stereocenters. The molecule has 0 spiro atoms. The van der Waals surface area contributed by atoms with Crippen LogP contribution in [0.5, 0.6) is 0 Å². The Bertz CT molecular complexity index is 623. The van der Waals surface area contributed by atoms with E-state index in [1.54, 1.807) is 0 Å². The molecule has 1 aromatic rings. The molecule has 1 nitrogen and oxygen atoms in total. The molecule has 0 bridgehead atoms. The Morgan fingerprint density at radius 3 is 2.57 bits per heavy atom. The molecule has 0 radical (unpaired) electrons. The third-order valence-electron chi connectivity index (χ3n) is 4.78. The van der Waals surface area contributed by atoms with Gasteiger partial charge in [0.25, 0.3) is 0 Å². The largest absolute Gasteiger partial charge is 0.300 e. The standard InChI is InChI=1S/C22H28O/c1-4-5-11-19(13-12-18-9-7-6-8-10-18)21-15-14-20(23)16-17-22(21,2)3/h6-10H,4-5,11,14-17H2,1-3H3/b21-19-. The predicted molar refractivity (Wildman–Crippen MR) is 97.1 cm³/mol. The third-order valence-corrected chi connectivity index (χ3v) is 4.78. The molecule has 0 atom stereocenters. The zero-order valence-electron chi connectivity index (χ0n) is 14.7. The number of benzene rings is 1. The molecule has 2 rings (SSSR count). The topological polar surface area (TPSA) is 17.1 Å². The number of Topliss-reactive ketones (excluding diaryl/α,β-unsaturated/α-hetero) is 1. The third kappa shape index (κ3) is 5.10. The van der Waals surface area contributed by atoms with E-state index in [9.17, 15) is 4.79 Å². The van der Waals surface area contributed by atoms with E-state index >= 15 is 0 Å². The van der Waals surface area contributed by atoms with Crippen molar-refractivity contribution in [3.05, 3.63) is 47.0 Å². The molecule has 0 amide bonds. The zero-order chi connectivity index (χ0) is 16.7. The van der Waals surface area contributed by atoms with Crippen molar-refractivity contribution in [1.29, 1.82) is 0 Å². The van der Waals surface area contributed by atoms with Crippen LogP contribution in [0.1, 0.15) is 71.3 Å². The van der Waals surface area contributed by atoms with Gasteiger partial charge in [-0.15, -0.1) is 0 Å². The lowest BCUT2D eigenvalue weighted by Gasteiger charge is -2.27. The minimum absolute atomic E-state index is 0.0839. The Morgan fingerprint density at radius 1 is 1.13 bits per heavy atom. The summed E-state index contributed by atoms with van der Waals surface area (Å²) in [6, 6.07) is 10.2. The van der Waals surface area contributed by atoms with Gasteiger partial charge in [-0.1, -0.05) is 62.8 Å². The van der Waals surface area contributed by atoms with Crippen molar-refractivity contribution in [2.45, 2.75) is 65.7 Å². The van der Waals surface area contributed by atoms with Gasteiger partial charge in [-0.3, -0.25) is 4.79 Å².